The Hall–Kier alpha value is -4.75. The lowest BCUT2D eigenvalue weighted by molar-refractivity contribution is -0.117. The van der Waals surface area contributed by atoms with Crippen molar-refractivity contribution < 1.29 is 14.4 Å². The first-order chi connectivity index (χ1) is 19.7. The number of nitrogens with two attached hydrogens (primary N) is 1. The third kappa shape index (κ3) is 5.90. The van der Waals surface area contributed by atoms with Crippen LogP contribution in [0.5, 0.6) is 0 Å². The van der Waals surface area contributed by atoms with E-state index in [2.05, 4.69) is 31.4 Å². The molecule has 1 heterocycles. The predicted octanol–water partition coefficient (Wildman–Crippen LogP) is 5.71. The van der Waals surface area contributed by atoms with Crippen LogP contribution in [0.15, 0.2) is 97.1 Å². The Labute approximate surface area is 240 Å². The smallest absolute Gasteiger partial charge is 0.259 e. The summed E-state index contributed by atoms with van der Waals surface area (Å²) in [5, 5.41) is 5.85. The number of nitrogens with zero attached hydrogens (tertiary/aromatic N) is 1. The summed E-state index contributed by atoms with van der Waals surface area (Å²) in [5.41, 5.74) is 11.2. The van der Waals surface area contributed by atoms with Crippen molar-refractivity contribution in [3.05, 3.63) is 130 Å². The molecule has 0 saturated carbocycles. The van der Waals surface area contributed by atoms with E-state index in [0.29, 0.717) is 41.2 Å². The largest absolute Gasteiger partial charge is 0.348 e. The van der Waals surface area contributed by atoms with Crippen LogP contribution in [0, 0.1) is 0 Å². The molecule has 1 atom stereocenters. The third-order valence-corrected chi connectivity index (χ3v) is 7.29. The number of carbonyl (C=O) groups excluding carboxylic acids is 3. The molecule has 0 aliphatic carbocycles. The van der Waals surface area contributed by atoms with E-state index in [9.17, 15) is 14.4 Å². The molecule has 0 spiro atoms. The molecule has 41 heavy (non-hydrogen) atoms. The van der Waals surface area contributed by atoms with Crippen molar-refractivity contribution in [3.8, 4) is 0 Å². The van der Waals surface area contributed by atoms with Gasteiger partial charge >= 0.3 is 0 Å². The van der Waals surface area contributed by atoms with Gasteiger partial charge in [0, 0.05) is 24.2 Å². The topological polar surface area (TPSA) is 105 Å². The summed E-state index contributed by atoms with van der Waals surface area (Å²) in [6.07, 6.45) is 0. The minimum Gasteiger partial charge on any atom is -0.348 e. The zero-order valence-electron chi connectivity index (χ0n) is 23.5. The number of carbonyl (C=O) groups is 3. The van der Waals surface area contributed by atoms with Gasteiger partial charge < -0.3 is 16.4 Å². The van der Waals surface area contributed by atoms with Crippen LogP contribution in [0.25, 0.3) is 0 Å². The number of nitrogens with one attached hydrogen (secondary N) is 2. The molecular weight excluding hydrogens is 512 g/mol. The van der Waals surface area contributed by atoms with Crippen LogP contribution in [-0.4, -0.2) is 17.7 Å². The number of fused-ring (bicyclic) bond motifs is 1. The highest BCUT2D eigenvalue weighted by atomic mass is 16.2. The fourth-order valence-electron chi connectivity index (χ4n) is 5.01. The minimum atomic E-state index is -0.868. The molecule has 1 aliphatic heterocycles. The Kier molecular flexibility index (Phi) is 7.72. The van der Waals surface area contributed by atoms with Gasteiger partial charge in [0.25, 0.3) is 17.7 Å². The number of benzene rings is 4. The van der Waals surface area contributed by atoms with Crippen molar-refractivity contribution >= 4 is 29.1 Å². The summed E-state index contributed by atoms with van der Waals surface area (Å²) in [6, 6.07) is 28.6. The minimum absolute atomic E-state index is 0.0596. The molecule has 0 radical (unpaired) electrons. The molecule has 1 aliphatic rings. The Morgan fingerprint density at radius 3 is 2.22 bits per heavy atom. The van der Waals surface area contributed by atoms with Crippen LogP contribution in [0.2, 0.25) is 0 Å². The van der Waals surface area contributed by atoms with Crippen LogP contribution in [-0.2, 0) is 23.3 Å². The van der Waals surface area contributed by atoms with Crippen LogP contribution in [0.1, 0.15) is 69.8 Å². The van der Waals surface area contributed by atoms with Gasteiger partial charge in [-0.15, -0.1) is 0 Å². The highest BCUT2D eigenvalue weighted by molar-refractivity contribution is 6.17. The lowest BCUT2D eigenvalue weighted by Crippen LogP contribution is -2.45. The normalized spacial score (nSPS) is 14.7. The Bertz CT molecular complexity index is 1590. The molecule has 7 heteroatoms. The van der Waals surface area contributed by atoms with E-state index in [1.807, 2.05) is 66.7 Å². The molecule has 0 aromatic heterocycles. The average molecular weight is 547 g/mol. The van der Waals surface area contributed by atoms with Crippen molar-refractivity contribution in [2.45, 2.75) is 45.3 Å². The van der Waals surface area contributed by atoms with Gasteiger partial charge in [-0.05, 0) is 58.0 Å². The lowest BCUT2D eigenvalue weighted by atomic mass is 9.86. The molecule has 0 saturated heterocycles. The van der Waals surface area contributed by atoms with Crippen LogP contribution in [0.4, 0.5) is 11.4 Å². The monoisotopic (exact) mass is 546 g/mol. The molecule has 5 rings (SSSR count). The summed E-state index contributed by atoms with van der Waals surface area (Å²) in [7, 11) is 0. The summed E-state index contributed by atoms with van der Waals surface area (Å²) in [6.45, 7) is 7.11. The molecule has 4 aromatic rings. The molecule has 208 valence electrons. The van der Waals surface area contributed by atoms with Crippen molar-refractivity contribution in [2.24, 2.45) is 5.73 Å². The maximum Gasteiger partial charge on any atom is 0.259 e. The second kappa shape index (κ2) is 11.4. The van der Waals surface area contributed by atoms with Crippen LogP contribution >= 0.6 is 0 Å². The molecule has 1 unspecified atom stereocenters. The molecular formula is C34H34N4O3. The lowest BCUT2D eigenvalue weighted by Gasteiger charge is -2.37. The maximum atomic E-state index is 14.0. The average Bonchev–Trinajstić information content (AvgIpc) is 2.98. The van der Waals surface area contributed by atoms with Gasteiger partial charge in [-0.25, -0.2) is 0 Å². The van der Waals surface area contributed by atoms with Gasteiger partial charge in [0.15, 0.2) is 0 Å². The summed E-state index contributed by atoms with van der Waals surface area (Å²) in [5.74, 6) is -0.937. The highest BCUT2D eigenvalue weighted by Crippen LogP contribution is 2.40. The van der Waals surface area contributed by atoms with E-state index in [1.165, 1.54) is 4.90 Å². The Balaban J connectivity index is 1.47. The van der Waals surface area contributed by atoms with Gasteiger partial charge in [-0.1, -0.05) is 87.5 Å². The number of hydrogen-bond donors (Lipinski definition) is 3. The summed E-state index contributed by atoms with van der Waals surface area (Å²) < 4.78 is 0. The molecule has 7 nitrogen and oxygen atoms in total. The number of anilines is 2. The van der Waals surface area contributed by atoms with Crippen molar-refractivity contribution in [3.63, 3.8) is 0 Å². The van der Waals surface area contributed by atoms with Crippen LogP contribution in [0.3, 0.4) is 0 Å². The second-order valence-corrected chi connectivity index (χ2v) is 11.2. The first-order valence-corrected chi connectivity index (χ1v) is 13.7. The number of hydrogen-bond acceptors (Lipinski definition) is 4. The van der Waals surface area contributed by atoms with E-state index >= 15 is 0 Å². The first-order valence-electron chi connectivity index (χ1n) is 13.7. The zero-order valence-corrected chi connectivity index (χ0v) is 23.5. The van der Waals surface area contributed by atoms with Gasteiger partial charge in [0.2, 0.25) is 0 Å². The Morgan fingerprint density at radius 2 is 1.54 bits per heavy atom. The van der Waals surface area contributed by atoms with E-state index in [4.69, 9.17) is 5.73 Å². The third-order valence-electron chi connectivity index (χ3n) is 7.29. The SMILES string of the molecule is CC(C)(C)c1ccc(C(=O)N2c3ccc(C(=O)NCc4cccc(CN)c4)cc3NC(=O)C2c2ccccc2)cc1. The summed E-state index contributed by atoms with van der Waals surface area (Å²) in [4.78, 5) is 42.1. The van der Waals surface area contributed by atoms with Gasteiger partial charge in [0.1, 0.15) is 6.04 Å². The van der Waals surface area contributed by atoms with E-state index in [0.717, 1.165) is 16.7 Å². The van der Waals surface area contributed by atoms with Crippen molar-refractivity contribution in [2.75, 3.05) is 10.2 Å². The summed E-state index contributed by atoms with van der Waals surface area (Å²) >= 11 is 0. The molecule has 3 amide bonds. The van der Waals surface area contributed by atoms with E-state index in [-0.39, 0.29) is 23.1 Å². The number of amides is 3. The standard InChI is InChI=1S/C34H34N4O3/c1-34(2,3)27-15-12-25(13-16-27)33(41)38-29-17-14-26(31(39)36-21-23-9-7-8-22(18-23)20-35)19-28(29)37-32(40)30(38)24-10-5-4-6-11-24/h4-19,30H,20-21,35H2,1-3H3,(H,36,39)(H,37,40). The molecule has 4 N–H and O–H groups in total. The predicted molar refractivity (Wildman–Crippen MR) is 162 cm³/mol. The quantitative estimate of drug-likeness (QED) is 0.288. The second-order valence-electron chi connectivity index (χ2n) is 11.2. The zero-order chi connectivity index (χ0) is 29.1. The maximum absolute atomic E-state index is 14.0. The van der Waals surface area contributed by atoms with Gasteiger partial charge in [0.05, 0.1) is 11.4 Å². The Morgan fingerprint density at radius 1 is 0.854 bits per heavy atom. The van der Waals surface area contributed by atoms with E-state index < -0.39 is 6.04 Å². The van der Waals surface area contributed by atoms with Gasteiger partial charge in [-0.2, -0.15) is 0 Å². The van der Waals surface area contributed by atoms with Gasteiger partial charge in [-0.3, -0.25) is 19.3 Å². The number of rotatable bonds is 6. The molecule has 0 fully saturated rings. The van der Waals surface area contributed by atoms with Crippen LogP contribution < -0.4 is 21.3 Å². The first kappa shape index (κ1) is 27.8. The fourth-order valence-corrected chi connectivity index (χ4v) is 5.01. The van der Waals surface area contributed by atoms with E-state index in [1.54, 1.807) is 30.3 Å². The van der Waals surface area contributed by atoms with Crippen molar-refractivity contribution in [1.29, 1.82) is 0 Å². The molecule has 4 aromatic carbocycles. The van der Waals surface area contributed by atoms with Crippen molar-refractivity contribution in [1.82, 2.24) is 5.32 Å². The highest BCUT2D eigenvalue weighted by Gasteiger charge is 2.38. The fraction of sp³-hybridized carbons (Fsp3) is 0.206. The molecule has 0 bridgehead atoms.